The smallest absolute Gasteiger partial charge is 0.340 e. The molecule has 1 N–H and O–H groups in total. The summed E-state index contributed by atoms with van der Waals surface area (Å²) in [5.74, 6) is 1.45. The first-order valence-electron chi connectivity index (χ1n) is 9.04. The summed E-state index contributed by atoms with van der Waals surface area (Å²) >= 11 is 0. The minimum Gasteiger partial charge on any atom is -0.497 e. The molecule has 0 radical (unpaired) electrons. The number of rotatable bonds is 9. The number of unbranched alkanes of at least 4 members (excludes halogenated alkanes) is 2. The fraction of sp³-hybridized carbons (Fsp3) is 0.722. The van der Waals surface area contributed by atoms with Crippen LogP contribution in [0.15, 0.2) is 23.2 Å². The van der Waals surface area contributed by atoms with Crippen molar-refractivity contribution in [1.29, 1.82) is 0 Å². The van der Waals surface area contributed by atoms with Crippen LogP contribution in [0.5, 0.6) is 0 Å². The van der Waals surface area contributed by atoms with Crippen LogP contribution < -0.4 is 5.32 Å². The molecule has 1 saturated heterocycles. The average molecular weight is 335 g/mol. The SMILES string of the molecule is CCCCOC1=CC(C2CNCCO2)=C(OCCCC)CC1=[N+]=[N-]. The maximum absolute atomic E-state index is 9.35. The first-order valence-corrected chi connectivity index (χ1v) is 9.04. The predicted molar refractivity (Wildman–Crippen MR) is 92.7 cm³/mol. The lowest BCUT2D eigenvalue weighted by Gasteiger charge is -2.28. The summed E-state index contributed by atoms with van der Waals surface area (Å²) in [6.45, 7) is 7.82. The van der Waals surface area contributed by atoms with Crippen LogP contribution in [0.2, 0.25) is 0 Å². The monoisotopic (exact) mass is 335 g/mol. The molecule has 1 atom stereocenters. The number of nitrogens with zero attached hydrogens (tertiary/aromatic N) is 2. The Morgan fingerprint density at radius 3 is 2.62 bits per heavy atom. The topological polar surface area (TPSA) is 76.1 Å². The van der Waals surface area contributed by atoms with Crippen molar-refractivity contribution < 1.29 is 19.0 Å². The van der Waals surface area contributed by atoms with E-state index in [2.05, 4.69) is 24.0 Å². The van der Waals surface area contributed by atoms with E-state index < -0.39 is 0 Å². The fourth-order valence-corrected chi connectivity index (χ4v) is 2.69. The van der Waals surface area contributed by atoms with Crippen LogP contribution in [0.3, 0.4) is 0 Å². The van der Waals surface area contributed by atoms with Crippen molar-refractivity contribution in [3.63, 3.8) is 0 Å². The molecule has 6 heteroatoms. The lowest BCUT2D eigenvalue weighted by Crippen LogP contribution is -2.40. The van der Waals surface area contributed by atoms with Gasteiger partial charge in [0, 0.05) is 18.7 Å². The standard InChI is InChI=1S/C18H29N3O3/c1-3-5-8-22-16-12-15(21-19)17(23-9-6-4-2)11-14(16)18-13-20-7-10-24-18/h11,18,20H,3-10,12-13H2,1-2H3. The van der Waals surface area contributed by atoms with Crippen molar-refractivity contribution in [3.05, 3.63) is 28.7 Å². The van der Waals surface area contributed by atoms with E-state index in [1.54, 1.807) is 0 Å². The molecule has 0 amide bonds. The molecule has 1 aliphatic carbocycles. The molecule has 0 spiro atoms. The molecule has 0 saturated carbocycles. The molecule has 2 aliphatic rings. The summed E-state index contributed by atoms with van der Waals surface area (Å²) in [6.07, 6.45) is 6.40. The Kier molecular flexibility index (Phi) is 8.02. The zero-order valence-corrected chi connectivity index (χ0v) is 14.8. The molecule has 1 heterocycles. The fourth-order valence-electron chi connectivity index (χ4n) is 2.69. The molecule has 1 unspecified atom stereocenters. The Balaban J connectivity index is 2.21. The normalized spacial score (nSPS) is 21.3. The zero-order valence-electron chi connectivity index (χ0n) is 14.8. The predicted octanol–water partition coefficient (Wildman–Crippen LogP) is 2.82. The molecule has 0 aromatic heterocycles. The van der Waals surface area contributed by atoms with Gasteiger partial charge in [-0.25, -0.2) is 0 Å². The Hall–Kier alpha value is -1.62. The summed E-state index contributed by atoms with van der Waals surface area (Å²) in [7, 11) is 0. The minimum absolute atomic E-state index is 0.0552. The number of hydrogen-bond donors (Lipinski definition) is 1. The van der Waals surface area contributed by atoms with Crippen molar-refractivity contribution in [3.8, 4) is 0 Å². The first-order chi connectivity index (χ1) is 11.8. The van der Waals surface area contributed by atoms with Crippen molar-refractivity contribution >= 4 is 5.71 Å². The van der Waals surface area contributed by atoms with Gasteiger partial charge in [0.25, 0.3) is 0 Å². The number of hydrogen-bond acceptors (Lipinski definition) is 4. The second-order valence-corrected chi connectivity index (χ2v) is 6.08. The van der Waals surface area contributed by atoms with Crippen LogP contribution in [0.4, 0.5) is 0 Å². The van der Waals surface area contributed by atoms with Gasteiger partial charge in [-0.1, -0.05) is 26.7 Å². The number of nitrogens with one attached hydrogen (secondary N) is 1. The molecule has 0 aromatic carbocycles. The highest BCUT2D eigenvalue weighted by molar-refractivity contribution is 5.97. The molecule has 0 aromatic rings. The summed E-state index contributed by atoms with van der Waals surface area (Å²) < 4.78 is 17.7. The lowest BCUT2D eigenvalue weighted by molar-refractivity contribution is -0.0145. The first kappa shape index (κ1) is 18.7. The van der Waals surface area contributed by atoms with E-state index in [1.807, 2.05) is 6.08 Å². The molecule has 134 valence electrons. The Bertz CT molecular complexity index is 516. The van der Waals surface area contributed by atoms with E-state index >= 15 is 0 Å². The van der Waals surface area contributed by atoms with Crippen molar-refractivity contribution in [1.82, 2.24) is 5.32 Å². The highest BCUT2D eigenvalue weighted by Gasteiger charge is 2.32. The van der Waals surface area contributed by atoms with Gasteiger partial charge in [0.1, 0.15) is 12.2 Å². The van der Waals surface area contributed by atoms with Gasteiger partial charge in [-0.15, -0.1) is 0 Å². The van der Waals surface area contributed by atoms with Gasteiger partial charge < -0.3 is 25.1 Å². The molecule has 1 fully saturated rings. The van der Waals surface area contributed by atoms with E-state index in [0.29, 0.717) is 37.7 Å². The van der Waals surface area contributed by atoms with Gasteiger partial charge in [-0.3, -0.25) is 0 Å². The Morgan fingerprint density at radius 2 is 2.00 bits per heavy atom. The summed E-state index contributed by atoms with van der Waals surface area (Å²) in [6, 6.07) is 0. The largest absolute Gasteiger partial charge is 0.497 e. The number of allylic oxidation sites excluding steroid dienone is 2. The number of morpholine rings is 1. The summed E-state index contributed by atoms with van der Waals surface area (Å²) in [5, 5.41) is 3.35. The third-order valence-corrected chi connectivity index (χ3v) is 4.15. The van der Waals surface area contributed by atoms with Gasteiger partial charge >= 0.3 is 5.71 Å². The van der Waals surface area contributed by atoms with Gasteiger partial charge in [0.2, 0.25) is 5.76 Å². The van der Waals surface area contributed by atoms with E-state index in [9.17, 15) is 5.53 Å². The number of ether oxygens (including phenoxy) is 3. The highest BCUT2D eigenvalue weighted by atomic mass is 16.5. The van der Waals surface area contributed by atoms with E-state index in [0.717, 1.165) is 50.1 Å². The Morgan fingerprint density at radius 1 is 1.25 bits per heavy atom. The van der Waals surface area contributed by atoms with Gasteiger partial charge in [-0.05, 0) is 18.9 Å². The molecule has 24 heavy (non-hydrogen) atoms. The maximum Gasteiger partial charge on any atom is 0.340 e. The second-order valence-electron chi connectivity index (χ2n) is 6.08. The van der Waals surface area contributed by atoms with Crippen molar-refractivity contribution in [2.24, 2.45) is 0 Å². The highest BCUT2D eigenvalue weighted by Crippen LogP contribution is 2.28. The molecule has 0 bridgehead atoms. The van der Waals surface area contributed by atoms with E-state index in [-0.39, 0.29) is 6.10 Å². The summed E-state index contributed by atoms with van der Waals surface area (Å²) in [4.78, 5) is 3.42. The third-order valence-electron chi connectivity index (χ3n) is 4.15. The van der Waals surface area contributed by atoms with E-state index in [1.165, 1.54) is 0 Å². The van der Waals surface area contributed by atoms with Crippen LogP contribution in [0.25, 0.3) is 5.53 Å². The van der Waals surface area contributed by atoms with Crippen LogP contribution in [-0.2, 0) is 14.2 Å². The van der Waals surface area contributed by atoms with Crippen LogP contribution in [-0.4, -0.2) is 49.5 Å². The van der Waals surface area contributed by atoms with Gasteiger partial charge in [0.15, 0.2) is 0 Å². The van der Waals surface area contributed by atoms with Gasteiger partial charge in [0.05, 0.1) is 25.9 Å². The summed E-state index contributed by atoms with van der Waals surface area (Å²) in [5.41, 5.74) is 10.9. The van der Waals surface area contributed by atoms with Crippen molar-refractivity contribution in [2.45, 2.75) is 52.1 Å². The quantitative estimate of drug-likeness (QED) is 0.399. The molecule has 2 rings (SSSR count). The van der Waals surface area contributed by atoms with Crippen LogP contribution in [0, 0.1) is 0 Å². The maximum atomic E-state index is 9.35. The second kappa shape index (κ2) is 10.3. The Labute approximate surface area is 144 Å². The van der Waals surface area contributed by atoms with Crippen LogP contribution in [0.1, 0.15) is 46.0 Å². The lowest BCUT2D eigenvalue weighted by atomic mass is 9.96. The molecular weight excluding hydrogens is 306 g/mol. The third kappa shape index (κ3) is 5.20. The molecule has 6 nitrogen and oxygen atoms in total. The molecular formula is C18H29N3O3. The van der Waals surface area contributed by atoms with E-state index in [4.69, 9.17) is 14.2 Å². The van der Waals surface area contributed by atoms with Gasteiger partial charge in [-0.2, -0.15) is 4.79 Å². The average Bonchev–Trinajstić information content (AvgIpc) is 2.63. The molecule has 1 aliphatic heterocycles. The van der Waals surface area contributed by atoms with Crippen LogP contribution >= 0.6 is 0 Å². The van der Waals surface area contributed by atoms with Crippen molar-refractivity contribution in [2.75, 3.05) is 32.9 Å². The minimum atomic E-state index is -0.0552. The zero-order chi connectivity index (χ0) is 17.2.